The number of aliphatic carboxylic acids is 1. The molecule has 0 atom stereocenters. The predicted molar refractivity (Wildman–Crippen MR) is 81.8 cm³/mol. The number of benzene rings is 1. The third-order valence-electron chi connectivity index (χ3n) is 2.64. The maximum atomic E-state index is 11.3. The van der Waals surface area contributed by atoms with Gasteiger partial charge in [0.1, 0.15) is 0 Å². The van der Waals surface area contributed by atoms with Crippen LogP contribution in [0.3, 0.4) is 0 Å². The lowest BCUT2D eigenvalue weighted by atomic mass is 10.2. The van der Waals surface area contributed by atoms with E-state index in [9.17, 15) is 9.59 Å². The van der Waals surface area contributed by atoms with Crippen LogP contribution in [-0.2, 0) is 4.79 Å². The standard InChI is InChI=1S/C14H20N4O3/c1-18(2)12-7-5-11(6-8-12)10-16-17-14(21)15-9-3-4-13(19)20/h5-8,10H,3-4,9H2,1-2H3,(H,19,20)(H2,15,17,21)/b16-10+. The molecule has 0 unspecified atom stereocenters. The normalized spacial score (nSPS) is 10.4. The molecule has 21 heavy (non-hydrogen) atoms. The largest absolute Gasteiger partial charge is 0.481 e. The first kappa shape index (κ1) is 16.5. The van der Waals surface area contributed by atoms with Crippen LogP contribution in [0.4, 0.5) is 10.5 Å². The van der Waals surface area contributed by atoms with Crippen molar-refractivity contribution in [3.05, 3.63) is 29.8 Å². The number of amides is 2. The monoisotopic (exact) mass is 292 g/mol. The van der Waals surface area contributed by atoms with Crippen LogP contribution in [0.25, 0.3) is 0 Å². The summed E-state index contributed by atoms with van der Waals surface area (Å²) in [5, 5.41) is 14.8. The van der Waals surface area contributed by atoms with Crippen LogP contribution in [-0.4, -0.2) is 44.0 Å². The summed E-state index contributed by atoms with van der Waals surface area (Å²) in [7, 11) is 3.92. The highest BCUT2D eigenvalue weighted by Crippen LogP contribution is 2.10. The third-order valence-corrected chi connectivity index (χ3v) is 2.64. The molecule has 1 rings (SSSR count). The van der Waals surface area contributed by atoms with Crippen molar-refractivity contribution in [3.63, 3.8) is 0 Å². The molecule has 2 amide bonds. The van der Waals surface area contributed by atoms with Crippen LogP contribution in [0.1, 0.15) is 18.4 Å². The van der Waals surface area contributed by atoms with Gasteiger partial charge in [-0.1, -0.05) is 12.1 Å². The number of rotatable bonds is 7. The van der Waals surface area contributed by atoms with Gasteiger partial charge in [-0.2, -0.15) is 5.10 Å². The van der Waals surface area contributed by atoms with Crippen molar-refractivity contribution < 1.29 is 14.7 Å². The number of carboxylic acids is 1. The third kappa shape index (κ3) is 6.95. The Morgan fingerprint density at radius 2 is 1.95 bits per heavy atom. The van der Waals surface area contributed by atoms with E-state index in [0.29, 0.717) is 13.0 Å². The topological polar surface area (TPSA) is 94.0 Å². The van der Waals surface area contributed by atoms with E-state index < -0.39 is 12.0 Å². The fourth-order valence-corrected chi connectivity index (χ4v) is 1.51. The smallest absolute Gasteiger partial charge is 0.335 e. The fraction of sp³-hybridized carbons (Fsp3) is 0.357. The second-order valence-corrected chi connectivity index (χ2v) is 4.61. The Bertz CT molecular complexity index is 497. The first-order chi connectivity index (χ1) is 9.99. The highest BCUT2D eigenvalue weighted by Gasteiger charge is 1.99. The Morgan fingerprint density at radius 3 is 2.52 bits per heavy atom. The number of hydrazone groups is 1. The van der Waals surface area contributed by atoms with Gasteiger partial charge in [0.25, 0.3) is 0 Å². The van der Waals surface area contributed by atoms with Crippen molar-refractivity contribution in [2.75, 3.05) is 25.5 Å². The van der Waals surface area contributed by atoms with Crippen molar-refractivity contribution in [2.24, 2.45) is 5.10 Å². The fourth-order valence-electron chi connectivity index (χ4n) is 1.51. The van der Waals surface area contributed by atoms with E-state index in [-0.39, 0.29) is 6.42 Å². The molecule has 0 aliphatic carbocycles. The molecule has 0 aliphatic rings. The lowest BCUT2D eigenvalue weighted by Crippen LogP contribution is -2.33. The van der Waals surface area contributed by atoms with Crippen LogP contribution in [0.15, 0.2) is 29.4 Å². The van der Waals surface area contributed by atoms with E-state index in [1.165, 1.54) is 6.21 Å². The Kier molecular flexibility index (Phi) is 6.73. The summed E-state index contributed by atoms with van der Waals surface area (Å²) < 4.78 is 0. The van der Waals surface area contributed by atoms with Crippen LogP contribution in [0, 0.1) is 0 Å². The molecule has 0 bridgehead atoms. The maximum absolute atomic E-state index is 11.3. The SMILES string of the molecule is CN(C)c1ccc(/C=N/NC(=O)NCCCC(=O)O)cc1. The van der Waals surface area contributed by atoms with E-state index >= 15 is 0 Å². The van der Waals surface area contributed by atoms with Gasteiger partial charge >= 0.3 is 12.0 Å². The molecule has 3 N–H and O–H groups in total. The number of nitrogens with zero attached hydrogens (tertiary/aromatic N) is 2. The second kappa shape index (κ2) is 8.57. The van der Waals surface area contributed by atoms with Gasteiger partial charge in [0, 0.05) is 32.7 Å². The van der Waals surface area contributed by atoms with Gasteiger partial charge in [-0.3, -0.25) is 4.79 Å². The minimum absolute atomic E-state index is 0.0295. The molecule has 0 heterocycles. The van der Waals surface area contributed by atoms with Gasteiger partial charge in [0.05, 0.1) is 6.21 Å². The van der Waals surface area contributed by atoms with Crippen molar-refractivity contribution in [1.82, 2.24) is 10.7 Å². The van der Waals surface area contributed by atoms with Gasteiger partial charge in [-0.15, -0.1) is 0 Å². The molecule has 0 saturated heterocycles. The van der Waals surface area contributed by atoms with E-state index in [0.717, 1.165) is 11.3 Å². The zero-order valence-corrected chi connectivity index (χ0v) is 12.2. The van der Waals surface area contributed by atoms with Crippen molar-refractivity contribution in [3.8, 4) is 0 Å². The molecule has 0 spiro atoms. The van der Waals surface area contributed by atoms with Crippen LogP contribution in [0.2, 0.25) is 0 Å². The average Bonchev–Trinajstić information content (AvgIpc) is 2.44. The molecule has 1 aromatic carbocycles. The second-order valence-electron chi connectivity index (χ2n) is 4.61. The molecule has 0 radical (unpaired) electrons. The molecular formula is C14H20N4O3. The first-order valence-corrected chi connectivity index (χ1v) is 6.55. The van der Waals surface area contributed by atoms with E-state index in [1.54, 1.807) is 0 Å². The van der Waals surface area contributed by atoms with Gasteiger partial charge < -0.3 is 15.3 Å². The van der Waals surface area contributed by atoms with Crippen molar-refractivity contribution in [1.29, 1.82) is 0 Å². The number of carbonyl (C=O) groups excluding carboxylic acids is 1. The van der Waals surface area contributed by atoms with Gasteiger partial charge in [-0.05, 0) is 24.1 Å². The van der Waals surface area contributed by atoms with Crippen LogP contribution in [0.5, 0.6) is 0 Å². The average molecular weight is 292 g/mol. The maximum Gasteiger partial charge on any atom is 0.335 e. The highest BCUT2D eigenvalue weighted by atomic mass is 16.4. The van der Waals surface area contributed by atoms with E-state index in [1.807, 2.05) is 43.3 Å². The number of carbonyl (C=O) groups is 2. The molecule has 0 saturated carbocycles. The Hall–Kier alpha value is -2.57. The summed E-state index contributed by atoms with van der Waals surface area (Å²) in [6.45, 7) is 0.297. The highest BCUT2D eigenvalue weighted by molar-refractivity contribution is 5.82. The number of nitrogens with one attached hydrogen (secondary N) is 2. The minimum atomic E-state index is -0.878. The van der Waals surface area contributed by atoms with E-state index in [2.05, 4.69) is 15.8 Å². The van der Waals surface area contributed by atoms with Crippen LogP contribution >= 0.6 is 0 Å². The summed E-state index contributed by atoms with van der Waals surface area (Å²) in [6.07, 6.45) is 1.95. The summed E-state index contributed by atoms with van der Waals surface area (Å²) in [6, 6.07) is 7.23. The number of urea groups is 1. The van der Waals surface area contributed by atoms with Crippen molar-refractivity contribution in [2.45, 2.75) is 12.8 Å². The zero-order valence-electron chi connectivity index (χ0n) is 12.2. The van der Waals surface area contributed by atoms with Gasteiger partial charge in [-0.25, -0.2) is 10.2 Å². The molecule has 0 aliphatic heterocycles. The summed E-state index contributed by atoms with van der Waals surface area (Å²) in [4.78, 5) is 23.6. The molecule has 0 fully saturated rings. The number of hydrogen-bond acceptors (Lipinski definition) is 4. The first-order valence-electron chi connectivity index (χ1n) is 6.55. The lowest BCUT2D eigenvalue weighted by Gasteiger charge is -2.11. The zero-order chi connectivity index (χ0) is 15.7. The number of anilines is 1. The Balaban J connectivity index is 2.30. The summed E-state index contributed by atoms with van der Waals surface area (Å²) >= 11 is 0. The van der Waals surface area contributed by atoms with Gasteiger partial charge in [0.2, 0.25) is 0 Å². The van der Waals surface area contributed by atoms with Crippen LogP contribution < -0.4 is 15.6 Å². The quantitative estimate of drug-likeness (QED) is 0.400. The molecule has 7 heteroatoms. The predicted octanol–water partition coefficient (Wildman–Crippen LogP) is 1.25. The van der Waals surface area contributed by atoms with E-state index in [4.69, 9.17) is 5.11 Å². The molecule has 0 aromatic heterocycles. The van der Waals surface area contributed by atoms with Gasteiger partial charge in [0.15, 0.2) is 0 Å². The molecule has 114 valence electrons. The minimum Gasteiger partial charge on any atom is -0.481 e. The molecular weight excluding hydrogens is 272 g/mol. The Morgan fingerprint density at radius 1 is 1.29 bits per heavy atom. The molecule has 7 nitrogen and oxygen atoms in total. The Labute approximate surface area is 123 Å². The summed E-state index contributed by atoms with van der Waals surface area (Å²) in [5.74, 6) is -0.878. The lowest BCUT2D eigenvalue weighted by molar-refractivity contribution is -0.137. The van der Waals surface area contributed by atoms with Crippen molar-refractivity contribution >= 4 is 23.9 Å². The summed E-state index contributed by atoms with van der Waals surface area (Å²) in [5.41, 5.74) is 4.27. The number of hydrogen-bond donors (Lipinski definition) is 3. The number of carboxylic acid groups (broad SMARTS) is 1. The molecule has 1 aromatic rings.